The number of fused-ring (bicyclic) bond motifs is 2. The van der Waals surface area contributed by atoms with Crippen LogP contribution >= 0.6 is 11.3 Å². The lowest BCUT2D eigenvalue weighted by atomic mass is 10.0. The van der Waals surface area contributed by atoms with Crippen molar-refractivity contribution in [2.75, 3.05) is 50.6 Å². The van der Waals surface area contributed by atoms with Crippen LogP contribution in [0.2, 0.25) is 0 Å². The quantitative estimate of drug-likeness (QED) is 0.193. The number of alkyl halides is 4. The molecule has 6 rings (SSSR count). The highest BCUT2D eigenvalue weighted by atomic mass is 32.2. The molecule has 5 heterocycles. The number of sulfonamides is 1. The molecule has 0 unspecified atom stereocenters. The summed E-state index contributed by atoms with van der Waals surface area (Å²) < 4.78 is 79.2. The zero-order valence-electron chi connectivity index (χ0n) is 27.7. The van der Waals surface area contributed by atoms with Crippen LogP contribution in [0.4, 0.5) is 23.4 Å². The summed E-state index contributed by atoms with van der Waals surface area (Å²) in [4.78, 5) is 13.9. The number of rotatable bonds is 10. The lowest BCUT2D eigenvalue weighted by Gasteiger charge is -2.44. The molecule has 0 amide bonds. The van der Waals surface area contributed by atoms with Gasteiger partial charge in [0.1, 0.15) is 28.7 Å². The summed E-state index contributed by atoms with van der Waals surface area (Å²) >= 11 is 1.05. The first-order valence-corrected chi connectivity index (χ1v) is 19.7. The number of likely N-dealkylation sites (tertiary alicyclic amines) is 1. The molecule has 0 aliphatic carbocycles. The van der Waals surface area contributed by atoms with E-state index in [1.807, 2.05) is 6.07 Å². The standard InChI is InChI=1S/C32H40F4N8O2S2Si/c1-21-22(17-41-7-5-23(6-8-41)40-29-27-14-25(15-32(34,35)36)47-30(27)39-20-38-29)3-4-28-26(21)13-24(16-37)44(28)18-31(2,49)42-9-11-43(12-10-42)48(45,46)19-33/h3-4,13-14,20,23H,5-12,15,17-19H2,1-2,49H3,(H,38,39,40)/t31-/m0/s1. The maximum atomic E-state index is 13.0. The summed E-state index contributed by atoms with van der Waals surface area (Å²) in [5.74, 6) is 0.574. The molecular weight excluding hydrogens is 697 g/mol. The Morgan fingerprint density at radius 3 is 2.45 bits per heavy atom. The first kappa shape index (κ1) is 35.7. The number of thiophene rings is 1. The lowest BCUT2D eigenvalue weighted by molar-refractivity contribution is -0.126. The highest BCUT2D eigenvalue weighted by molar-refractivity contribution is 7.88. The molecule has 2 aliphatic heterocycles. The largest absolute Gasteiger partial charge is 0.393 e. The predicted octanol–water partition coefficient (Wildman–Crippen LogP) is 3.96. The number of anilines is 1. The molecule has 1 aromatic carbocycles. The topological polar surface area (TPSA) is 110 Å². The van der Waals surface area contributed by atoms with Gasteiger partial charge in [0.15, 0.2) is 0 Å². The molecule has 17 heteroatoms. The smallest absolute Gasteiger partial charge is 0.367 e. The first-order valence-electron chi connectivity index (χ1n) is 16.3. The predicted molar refractivity (Wildman–Crippen MR) is 187 cm³/mol. The van der Waals surface area contributed by atoms with Gasteiger partial charge in [-0.2, -0.15) is 22.7 Å². The van der Waals surface area contributed by atoms with E-state index in [4.69, 9.17) is 0 Å². The van der Waals surface area contributed by atoms with Crippen molar-refractivity contribution in [3.63, 3.8) is 0 Å². The van der Waals surface area contributed by atoms with Crippen molar-refractivity contribution in [1.29, 1.82) is 5.26 Å². The number of nitrogens with zero attached hydrogens (tertiary/aromatic N) is 7. The maximum Gasteiger partial charge on any atom is 0.393 e. The van der Waals surface area contributed by atoms with Crippen LogP contribution in [0, 0.1) is 18.3 Å². The molecule has 0 radical (unpaired) electrons. The zero-order valence-corrected chi connectivity index (χ0v) is 31.4. The SMILES string of the molecule is Cc1c(CN2CCC(Nc3ncnc4sc(CC(F)(F)F)cc34)CC2)ccc2c1cc(C#N)n2C[C@](C)([SiH3])N1CCN(S(=O)(=O)CF)CC1. The lowest BCUT2D eigenvalue weighted by Crippen LogP contribution is -2.58. The molecule has 1 N–H and O–H groups in total. The molecule has 264 valence electrons. The molecule has 10 nitrogen and oxygen atoms in total. The van der Waals surface area contributed by atoms with Crippen LogP contribution in [0.3, 0.4) is 0 Å². The minimum atomic E-state index is -4.27. The zero-order chi connectivity index (χ0) is 35.1. The monoisotopic (exact) mass is 736 g/mol. The number of benzene rings is 1. The van der Waals surface area contributed by atoms with Crippen LogP contribution in [-0.4, -0.2) is 110 Å². The number of nitrogens with one attached hydrogen (secondary N) is 1. The fourth-order valence-corrected chi connectivity index (χ4v) is 9.71. The third kappa shape index (κ3) is 7.79. The van der Waals surface area contributed by atoms with E-state index in [0.717, 1.165) is 70.5 Å². The van der Waals surface area contributed by atoms with Gasteiger partial charge in [0, 0.05) is 89.6 Å². The molecule has 3 aromatic heterocycles. The minimum absolute atomic E-state index is 0.138. The molecule has 2 fully saturated rings. The number of hydrogen-bond donors (Lipinski definition) is 1. The third-order valence-corrected chi connectivity index (χ3v) is 13.2. The second kappa shape index (κ2) is 13.9. The van der Waals surface area contributed by atoms with Crippen molar-refractivity contribution in [3.05, 3.63) is 52.3 Å². The van der Waals surface area contributed by atoms with Crippen molar-refractivity contribution in [2.45, 2.75) is 63.6 Å². The molecule has 2 saturated heterocycles. The summed E-state index contributed by atoms with van der Waals surface area (Å²) in [7, 11) is -3.09. The van der Waals surface area contributed by atoms with E-state index in [2.05, 4.69) is 61.7 Å². The van der Waals surface area contributed by atoms with Crippen LogP contribution in [0.5, 0.6) is 0 Å². The van der Waals surface area contributed by atoms with E-state index in [1.165, 1.54) is 16.2 Å². The van der Waals surface area contributed by atoms with Crippen molar-refractivity contribution < 1.29 is 26.0 Å². The van der Waals surface area contributed by atoms with Gasteiger partial charge in [-0.25, -0.2) is 22.8 Å². The highest BCUT2D eigenvalue weighted by Crippen LogP contribution is 2.34. The molecule has 49 heavy (non-hydrogen) atoms. The Hall–Kier alpha value is -3.14. The normalized spacial score (nSPS) is 19.0. The molecule has 0 spiro atoms. The highest BCUT2D eigenvalue weighted by Gasteiger charge is 2.35. The van der Waals surface area contributed by atoms with Gasteiger partial charge in [0.2, 0.25) is 16.0 Å². The molecule has 0 saturated carbocycles. The van der Waals surface area contributed by atoms with E-state index >= 15 is 0 Å². The van der Waals surface area contributed by atoms with E-state index in [1.54, 1.807) is 6.07 Å². The van der Waals surface area contributed by atoms with Gasteiger partial charge in [-0.3, -0.25) is 9.80 Å². The molecule has 1 atom stereocenters. The Kier molecular flexibility index (Phi) is 10.1. The molecular formula is C32H40F4N8O2S2Si. The Morgan fingerprint density at radius 2 is 1.80 bits per heavy atom. The summed E-state index contributed by atoms with van der Waals surface area (Å²) in [6, 6.07) is 8.86. The van der Waals surface area contributed by atoms with Gasteiger partial charge < -0.3 is 9.88 Å². The summed E-state index contributed by atoms with van der Waals surface area (Å²) in [6.07, 6.45) is -2.14. The van der Waals surface area contributed by atoms with Gasteiger partial charge >= 0.3 is 6.18 Å². The minimum Gasteiger partial charge on any atom is -0.367 e. The van der Waals surface area contributed by atoms with E-state index in [0.29, 0.717) is 41.4 Å². The second-order valence-electron chi connectivity index (χ2n) is 13.6. The fraction of sp³-hybridized carbons (Fsp3) is 0.531. The van der Waals surface area contributed by atoms with Crippen LogP contribution in [0.25, 0.3) is 21.1 Å². The number of aryl methyl sites for hydroxylation is 1. The van der Waals surface area contributed by atoms with Crippen molar-refractivity contribution in [2.24, 2.45) is 0 Å². The molecule has 4 aromatic rings. The molecule has 0 bridgehead atoms. The molecule has 2 aliphatic rings. The Labute approximate surface area is 290 Å². The second-order valence-corrected chi connectivity index (χ2v) is 18.7. The van der Waals surface area contributed by atoms with Crippen LogP contribution in [0.1, 0.15) is 41.5 Å². The van der Waals surface area contributed by atoms with E-state index in [-0.39, 0.29) is 29.2 Å². The Bertz CT molecular complexity index is 1980. The van der Waals surface area contributed by atoms with Gasteiger partial charge in [-0.15, -0.1) is 11.3 Å². The van der Waals surface area contributed by atoms with Crippen LogP contribution in [0.15, 0.2) is 30.6 Å². The van der Waals surface area contributed by atoms with Crippen molar-refractivity contribution >= 4 is 58.5 Å². The van der Waals surface area contributed by atoms with Gasteiger partial charge in [-0.1, -0.05) is 6.07 Å². The van der Waals surface area contributed by atoms with Crippen LogP contribution in [-0.2, 0) is 29.5 Å². The summed E-state index contributed by atoms with van der Waals surface area (Å²) in [5.41, 5.74) is 3.89. The van der Waals surface area contributed by atoms with E-state index in [9.17, 15) is 31.2 Å². The average molecular weight is 737 g/mol. The summed E-state index contributed by atoms with van der Waals surface area (Å²) in [6.45, 7) is 8.80. The number of halogens is 4. The number of piperidine rings is 1. The van der Waals surface area contributed by atoms with Gasteiger partial charge in [0.25, 0.3) is 0 Å². The van der Waals surface area contributed by atoms with Crippen molar-refractivity contribution in [1.82, 2.24) is 28.6 Å². The van der Waals surface area contributed by atoms with Crippen LogP contribution < -0.4 is 5.32 Å². The third-order valence-electron chi connectivity index (χ3n) is 9.83. The van der Waals surface area contributed by atoms with Gasteiger partial charge in [0.05, 0.1) is 11.8 Å². The average Bonchev–Trinajstić information content (AvgIpc) is 3.63. The van der Waals surface area contributed by atoms with Crippen molar-refractivity contribution in [3.8, 4) is 6.07 Å². The number of hydrogen-bond acceptors (Lipinski definition) is 9. The van der Waals surface area contributed by atoms with Gasteiger partial charge in [-0.05, 0) is 56.0 Å². The summed E-state index contributed by atoms with van der Waals surface area (Å²) in [5, 5.41) is 15.0. The fourth-order valence-electron chi connectivity index (χ4n) is 7.06. The maximum absolute atomic E-state index is 13.0. The number of aromatic nitrogens is 3. The Balaban J connectivity index is 1.10. The number of piperazine rings is 1. The number of nitriles is 1. The first-order chi connectivity index (χ1) is 23.2. The Morgan fingerprint density at radius 1 is 1.08 bits per heavy atom. The van der Waals surface area contributed by atoms with E-state index < -0.39 is 28.6 Å².